The molecule has 0 aliphatic carbocycles. The maximum Gasteiger partial charge on any atom is 0.267 e. The van der Waals surface area contributed by atoms with E-state index in [2.05, 4.69) is 10.5 Å². The SMILES string of the molecule is CCNC(=O)CN(Cc1ccccc1)C(=O)C1CC(c2ccccc2F)=NO1. The molecule has 1 N–H and O–H groups in total. The monoisotopic (exact) mass is 383 g/mol. The largest absolute Gasteiger partial charge is 0.382 e. The third kappa shape index (κ3) is 4.73. The van der Waals surface area contributed by atoms with Gasteiger partial charge in [-0.2, -0.15) is 0 Å². The number of likely N-dealkylation sites (N-methyl/N-ethyl adjacent to an activating group) is 1. The van der Waals surface area contributed by atoms with Crippen molar-refractivity contribution in [2.45, 2.75) is 26.0 Å². The summed E-state index contributed by atoms with van der Waals surface area (Å²) in [4.78, 5) is 31.8. The molecule has 0 saturated carbocycles. The van der Waals surface area contributed by atoms with Gasteiger partial charge in [0.15, 0.2) is 0 Å². The van der Waals surface area contributed by atoms with Crippen molar-refractivity contribution in [2.24, 2.45) is 5.16 Å². The molecule has 0 radical (unpaired) electrons. The Kier molecular flexibility index (Phi) is 6.37. The number of hydrogen-bond acceptors (Lipinski definition) is 4. The summed E-state index contributed by atoms with van der Waals surface area (Å²) in [5.41, 5.74) is 1.60. The summed E-state index contributed by atoms with van der Waals surface area (Å²) < 4.78 is 14.0. The van der Waals surface area contributed by atoms with Crippen LogP contribution in [0.1, 0.15) is 24.5 Å². The lowest BCUT2D eigenvalue weighted by Crippen LogP contribution is -2.44. The Morgan fingerprint density at radius 1 is 1.18 bits per heavy atom. The maximum atomic E-state index is 14.0. The minimum Gasteiger partial charge on any atom is -0.382 e. The van der Waals surface area contributed by atoms with Crippen molar-refractivity contribution in [2.75, 3.05) is 13.1 Å². The molecule has 2 aromatic carbocycles. The van der Waals surface area contributed by atoms with E-state index in [0.717, 1.165) is 5.56 Å². The van der Waals surface area contributed by atoms with E-state index in [1.807, 2.05) is 37.3 Å². The fraction of sp³-hybridized carbons (Fsp3) is 0.286. The standard InChI is InChI=1S/C21H22FN3O3/c1-2-23-20(26)14-25(13-15-8-4-3-5-9-15)21(27)19-12-18(24-28-19)16-10-6-7-11-17(16)22/h3-11,19H,2,12-14H2,1H3,(H,23,26). The van der Waals surface area contributed by atoms with Crippen LogP contribution in [-0.2, 0) is 21.0 Å². The van der Waals surface area contributed by atoms with E-state index in [-0.39, 0.29) is 31.3 Å². The number of nitrogens with one attached hydrogen (secondary N) is 1. The second kappa shape index (κ2) is 9.12. The highest BCUT2D eigenvalue weighted by molar-refractivity contribution is 6.04. The van der Waals surface area contributed by atoms with Gasteiger partial charge in [-0.3, -0.25) is 9.59 Å². The average Bonchev–Trinajstić information content (AvgIpc) is 3.18. The van der Waals surface area contributed by atoms with Crippen LogP contribution in [0, 0.1) is 5.82 Å². The van der Waals surface area contributed by atoms with Crippen molar-refractivity contribution in [1.82, 2.24) is 10.2 Å². The molecular weight excluding hydrogens is 361 g/mol. The topological polar surface area (TPSA) is 71.0 Å². The molecule has 2 aromatic rings. The Balaban J connectivity index is 1.72. The molecular formula is C21H22FN3O3. The van der Waals surface area contributed by atoms with Crippen molar-refractivity contribution >= 4 is 17.5 Å². The van der Waals surface area contributed by atoms with Crippen LogP contribution in [0.5, 0.6) is 0 Å². The van der Waals surface area contributed by atoms with Gasteiger partial charge in [-0.05, 0) is 18.6 Å². The van der Waals surface area contributed by atoms with E-state index in [9.17, 15) is 14.0 Å². The first kappa shape index (κ1) is 19.5. The Labute approximate surface area is 163 Å². The summed E-state index contributed by atoms with van der Waals surface area (Å²) >= 11 is 0. The van der Waals surface area contributed by atoms with E-state index in [1.54, 1.807) is 18.2 Å². The summed E-state index contributed by atoms with van der Waals surface area (Å²) in [5.74, 6) is -1.02. The second-order valence-electron chi connectivity index (χ2n) is 6.45. The number of rotatable bonds is 7. The second-order valence-corrected chi connectivity index (χ2v) is 6.45. The lowest BCUT2D eigenvalue weighted by Gasteiger charge is -2.24. The van der Waals surface area contributed by atoms with Crippen molar-refractivity contribution in [3.8, 4) is 0 Å². The molecule has 1 heterocycles. The van der Waals surface area contributed by atoms with E-state index >= 15 is 0 Å². The average molecular weight is 383 g/mol. The van der Waals surface area contributed by atoms with Gasteiger partial charge < -0.3 is 15.1 Å². The Morgan fingerprint density at radius 2 is 1.89 bits per heavy atom. The van der Waals surface area contributed by atoms with Crippen LogP contribution < -0.4 is 5.32 Å². The van der Waals surface area contributed by atoms with E-state index < -0.39 is 11.9 Å². The Morgan fingerprint density at radius 3 is 2.61 bits per heavy atom. The molecule has 0 saturated heterocycles. The van der Waals surface area contributed by atoms with Crippen molar-refractivity contribution in [3.63, 3.8) is 0 Å². The third-order valence-corrected chi connectivity index (χ3v) is 4.37. The van der Waals surface area contributed by atoms with Gasteiger partial charge in [-0.15, -0.1) is 0 Å². The predicted molar refractivity (Wildman–Crippen MR) is 103 cm³/mol. The molecule has 1 aliphatic heterocycles. The third-order valence-electron chi connectivity index (χ3n) is 4.37. The van der Waals surface area contributed by atoms with Gasteiger partial charge in [-0.25, -0.2) is 4.39 Å². The highest BCUT2D eigenvalue weighted by Gasteiger charge is 2.34. The van der Waals surface area contributed by atoms with Crippen LogP contribution in [0.2, 0.25) is 0 Å². The van der Waals surface area contributed by atoms with Crippen LogP contribution in [0.3, 0.4) is 0 Å². The maximum absolute atomic E-state index is 14.0. The van der Waals surface area contributed by atoms with Gasteiger partial charge >= 0.3 is 0 Å². The molecule has 1 unspecified atom stereocenters. The molecule has 0 aromatic heterocycles. The number of carbonyl (C=O) groups excluding carboxylic acids is 2. The van der Waals surface area contributed by atoms with Crippen LogP contribution in [0.4, 0.5) is 4.39 Å². The number of amides is 2. The first-order valence-corrected chi connectivity index (χ1v) is 9.15. The van der Waals surface area contributed by atoms with Crippen molar-refractivity contribution in [1.29, 1.82) is 0 Å². The molecule has 0 bridgehead atoms. The molecule has 1 aliphatic rings. The minimum atomic E-state index is -0.882. The molecule has 0 spiro atoms. The first-order chi connectivity index (χ1) is 13.6. The summed E-state index contributed by atoms with van der Waals surface area (Å²) in [6, 6.07) is 15.6. The molecule has 28 heavy (non-hydrogen) atoms. The van der Waals surface area contributed by atoms with Gasteiger partial charge in [0.25, 0.3) is 5.91 Å². The zero-order valence-electron chi connectivity index (χ0n) is 15.6. The quantitative estimate of drug-likeness (QED) is 0.799. The normalized spacial score (nSPS) is 15.5. The smallest absolute Gasteiger partial charge is 0.267 e. The zero-order valence-corrected chi connectivity index (χ0v) is 15.6. The lowest BCUT2D eigenvalue weighted by molar-refractivity contribution is -0.145. The Hall–Kier alpha value is -3.22. The first-order valence-electron chi connectivity index (χ1n) is 9.15. The van der Waals surface area contributed by atoms with Crippen LogP contribution in [-0.4, -0.2) is 41.6 Å². The molecule has 7 heteroatoms. The van der Waals surface area contributed by atoms with Crippen molar-refractivity contribution in [3.05, 3.63) is 71.5 Å². The van der Waals surface area contributed by atoms with Gasteiger partial charge in [0.2, 0.25) is 12.0 Å². The van der Waals surface area contributed by atoms with Crippen LogP contribution >= 0.6 is 0 Å². The van der Waals surface area contributed by atoms with Gasteiger partial charge in [0.1, 0.15) is 5.82 Å². The molecule has 2 amide bonds. The number of hydrogen-bond donors (Lipinski definition) is 1. The fourth-order valence-electron chi connectivity index (χ4n) is 3.01. The Bertz CT molecular complexity index is 870. The lowest BCUT2D eigenvalue weighted by atomic mass is 10.0. The summed E-state index contributed by atoms with van der Waals surface area (Å²) in [5, 5.41) is 6.60. The number of nitrogens with zero attached hydrogens (tertiary/aromatic N) is 2. The molecule has 0 fully saturated rings. The predicted octanol–water partition coefficient (Wildman–Crippen LogP) is 2.48. The van der Waals surface area contributed by atoms with Crippen LogP contribution in [0.25, 0.3) is 0 Å². The van der Waals surface area contributed by atoms with Crippen LogP contribution in [0.15, 0.2) is 59.8 Å². The number of carbonyl (C=O) groups is 2. The molecule has 6 nitrogen and oxygen atoms in total. The highest BCUT2D eigenvalue weighted by atomic mass is 19.1. The number of benzene rings is 2. The summed E-state index contributed by atoms with van der Waals surface area (Å²) in [6.07, 6.45) is -0.728. The molecule has 146 valence electrons. The summed E-state index contributed by atoms with van der Waals surface area (Å²) in [7, 11) is 0. The number of halogens is 1. The zero-order chi connectivity index (χ0) is 19.9. The van der Waals surface area contributed by atoms with E-state index in [1.165, 1.54) is 11.0 Å². The van der Waals surface area contributed by atoms with E-state index in [4.69, 9.17) is 4.84 Å². The summed E-state index contributed by atoms with van der Waals surface area (Å²) in [6.45, 7) is 2.48. The van der Waals surface area contributed by atoms with Gasteiger partial charge in [0.05, 0.1) is 12.3 Å². The number of oxime groups is 1. The molecule has 1 atom stereocenters. The molecule has 3 rings (SSSR count). The van der Waals surface area contributed by atoms with Gasteiger partial charge in [0, 0.05) is 25.1 Å². The fourth-order valence-corrected chi connectivity index (χ4v) is 3.01. The van der Waals surface area contributed by atoms with E-state index in [0.29, 0.717) is 17.8 Å². The highest BCUT2D eigenvalue weighted by Crippen LogP contribution is 2.21. The minimum absolute atomic E-state index is 0.0868. The van der Waals surface area contributed by atoms with Gasteiger partial charge in [-0.1, -0.05) is 53.7 Å². The van der Waals surface area contributed by atoms with Crippen molar-refractivity contribution < 1.29 is 18.8 Å².